The molecule has 0 spiro atoms. The van der Waals surface area contributed by atoms with Gasteiger partial charge < -0.3 is 10.0 Å². The molecule has 3 aromatic rings. The lowest BCUT2D eigenvalue weighted by Crippen LogP contribution is -2.31. The second-order valence-electron chi connectivity index (χ2n) is 8.75. The summed E-state index contributed by atoms with van der Waals surface area (Å²) in [6.45, 7) is 1.93. The van der Waals surface area contributed by atoms with Gasteiger partial charge in [-0.25, -0.2) is 22.4 Å². The van der Waals surface area contributed by atoms with E-state index in [9.17, 15) is 13.5 Å². The van der Waals surface area contributed by atoms with Crippen LogP contribution in [0.4, 0.5) is 5.82 Å². The molecule has 1 aromatic carbocycles. The maximum atomic E-state index is 13.2. The second kappa shape index (κ2) is 7.06. The van der Waals surface area contributed by atoms with Crippen LogP contribution in [-0.2, 0) is 10.0 Å². The van der Waals surface area contributed by atoms with E-state index in [1.165, 1.54) is 10.3 Å². The first kappa shape index (κ1) is 19.5. The second-order valence-corrected chi connectivity index (χ2v) is 10.6. The smallest absolute Gasteiger partial charge is 0.269 e. The van der Waals surface area contributed by atoms with Crippen LogP contribution in [0.5, 0.6) is 0 Å². The monoisotopic (exact) mass is 426 g/mol. The molecule has 2 aliphatic carbocycles. The van der Waals surface area contributed by atoms with Gasteiger partial charge in [0.25, 0.3) is 10.0 Å². The summed E-state index contributed by atoms with van der Waals surface area (Å²) in [4.78, 5) is 11.2. The summed E-state index contributed by atoms with van der Waals surface area (Å²) in [7, 11) is -1.72. The number of hydrogen-bond donors (Lipinski definition) is 1. The van der Waals surface area contributed by atoms with E-state index >= 15 is 0 Å². The summed E-state index contributed by atoms with van der Waals surface area (Å²) in [5.74, 6) is 1.89. The van der Waals surface area contributed by atoms with Gasteiger partial charge in [0.05, 0.1) is 16.4 Å². The number of aryl methyl sites for hydroxylation is 1. The van der Waals surface area contributed by atoms with Crippen molar-refractivity contribution in [2.45, 2.75) is 49.6 Å². The van der Waals surface area contributed by atoms with Crippen LogP contribution in [-0.4, -0.2) is 46.7 Å². The molecule has 0 amide bonds. The predicted octanol–water partition coefficient (Wildman–Crippen LogP) is 2.96. The topological polar surface area (TPSA) is 88.3 Å². The van der Waals surface area contributed by atoms with Crippen molar-refractivity contribution in [3.05, 3.63) is 48.4 Å². The van der Waals surface area contributed by atoms with Crippen LogP contribution in [0.2, 0.25) is 0 Å². The number of fused-ring (bicyclic) bond motifs is 2. The maximum absolute atomic E-state index is 13.2. The molecule has 0 radical (unpaired) electrons. The highest BCUT2D eigenvalue weighted by Crippen LogP contribution is 2.46. The number of aliphatic hydroxyl groups excluding tert-OH is 1. The Labute approximate surface area is 176 Å². The molecule has 2 heterocycles. The third-order valence-electron chi connectivity index (χ3n) is 6.85. The molecule has 2 aliphatic rings. The van der Waals surface area contributed by atoms with E-state index < -0.39 is 10.0 Å². The fourth-order valence-corrected chi connectivity index (χ4v) is 6.56. The Kier molecular flexibility index (Phi) is 4.59. The van der Waals surface area contributed by atoms with Gasteiger partial charge in [0, 0.05) is 19.3 Å². The van der Waals surface area contributed by atoms with Crippen molar-refractivity contribution in [2.24, 2.45) is 11.8 Å². The van der Waals surface area contributed by atoms with Crippen molar-refractivity contribution in [3.8, 4) is 0 Å². The lowest BCUT2D eigenvalue weighted by molar-refractivity contribution is 0.171. The van der Waals surface area contributed by atoms with E-state index in [1.807, 2.05) is 14.0 Å². The van der Waals surface area contributed by atoms with E-state index in [-0.39, 0.29) is 11.0 Å². The highest BCUT2D eigenvalue weighted by molar-refractivity contribution is 7.90. The summed E-state index contributed by atoms with van der Waals surface area (Å²) in [5, 5.41) is 10.6. The van der Waals surface area contributed by atoms with E-state index in [1.54, 1.807) is 36.5 Å². The maximum Gasteiger partial charge on any atom is 0.269 e. The van der Waals surface area contributed by atoms with Crippen molar-refractivity contribution in [1.29, 1.82) is 0 Å². The molecule has 2 unspecified atom stereocenters. The Morgan fingerprint density at radius 2 is 1.70 bits per heavy atom. The molecule has 7 nitrogen and oxygen atoms in total. The number of nitrogens with zero attached hydrogens (tertiary/aromatic N) is 4. The van der Waals surface area contributed by atoms with Crippen LogP contribution in [0, 0.1) is 18.8 Å². The molecule has 0 aliphatic heterocycles. The molecule has 0 saturated heterocycles. The Bertz CT molecular complexity index is 1170. The predicted molar refractivity (Wildman–Crippen MR) is 115 cm³/mol. The minimum atomic E-state index is -3.74. The summed E-state index contributed by atoms with van der Waals surface area (Å²) < 4.78 is 27.6. The van der Waals surface area contributed by atoms with Gasteiger partial charge in [-0.2, -0.15) is 0 Å². The van der Waals surface area contributed by atoms with E-state index in [0.717, 1.165) is 42.5 Å². The summed E-state index contributed by atoms with van der Waals surface area (Å²) in [6, 6.07) is 8.95. The van der Waals surface area contributed by atoms with Crippen LogP contribution in [0.15, 0.2) is 47.8 Å². The van der Waals surface area contributed by atoms with Crippen LogP contribution < -0.4 is 4.90 Å². The number of hydrogen-bond acceptors (Lipinski definition) is 6. The van der Waals surface area contributed by atoms with Crippen LogP contribution >= 0.6 is 0 Å². The molecular weight excluding hydrogens is 400 g/mol. The SMILES string of the molecule is Cc1ccc(S(=O)(=O)n2ccc3c(N(C)C4C[C@H]5CC(O)C[C@H]5C4)ncnc32)cc1. The third-order valence-corrected chi connectivity index (χ3v) is 8.53. The van der Waals surface area contributed by atoms with Crippen molar-refractivity contribution in [1.82, 2.24) is 13.9 Å². The number of anilines is 1. The Balaban J connectivity index is 1.49. The first-order valence-corrected chi connectivity index (χ1v) is 11.8. The number of aromatic nitrogens is 3. The zero-order valence-electron chi connectivity index (χ0n) is 17.1. The lowest BCUT2D eigenvalue weighted by Gasteiger charge is -2.27. The first-order chi connectivity index (χ1) is 14.3. The van der Waals surface area contributed by atoms with Gasteiger partial charge >= 0.3 is 0 Å². The van der Waals surface area contributed by atoms with Gasteiger partial charge in [-0.1, -0.05) is 17.7 Å². The minimum absolute atomic E-state index is 0.155. The fraction of sp³-hybridized carbons (Fsp3) is 0.455. The summed E-state index contributed by atoms with van der Waals surface area (Å²) in [6.07, 6.45) is 6.69. The van der Waals surface area contributed by atoms with E-state index in [0.29, 0.717) is 23.5 Å². The zero-order chi connectivity index (χ0) is 21.0. The molecule has 30 heavy (non-hydrogen) atoms. The van der Waals surface area contributed by atoms with Crippen LogP contribution in [0.25, 0.3) is 11.0 Å². The molecule has 1 N–H and O–H groups in total. The largest absolute Gasteiger partial charge is 0.393 e. The van der Waals surface area contributed by atoms with Gasteiger partial charge in [0.1, 0.15) is 12.1 Å². The van der Waals surface area contributed by atoms with Crippen LogP contribution in [0.1, 0.15) is 31.2 Å². The van der Waals surface area contributed by atoms with Crippen molar-refractivity contribution in [2.75, 3.05) is 11.9 Å². The minimum Gasteiger partial charge on any atom is -0.393 e. The number of rotatable bonds is 4. The van der Waals surface area contributed by atoms with Crippen molar-refractivity contribution >= 4 is 26.9 Å². The highest BCUT2D eigenvalue weighted by atomic mass is 32.2. The van der Waals surface area contributed by atoms with E-state index in [2.05, 4.69) is 14.9 Å². The fourth-order valence-electron chi connectivity index (χ4n) is 5.26. The van der Waals surface area contributed by atoms with Gasteiger partial charge in [-0.05, 0) is 62.6 Å². The number of aliphatic hydroxyl groups is 1. The van der Waals surface area contributed by atoms with Gasteiger partial charge in [-0.15, -0.1) is 0 Å². The normalized spacial score (nSPS) is 26.2. The molecule has 2 aromatic heterocycles. The molecule has 2 saturated carbocycles. The van der Waals surface area contributed by atoms with Crippen molar-refractivity contribution in [3.63, 3.8) is 0 Å². The molecular formula is C22H26N4O3S. The Hall–Kier alpha value is -2.45. The zero-order valence-corrected chi connectivity index (χ0v) is 18.0. The van der Waals surface area contributed by atoms with Crippen LogP contribution in [0.3, 0.4) is 0 Å². The Morgan fingerprint density at radius 3 is 2.37 bits per heavy atom. The number of benzene rings is 1. The Morgan fingerprint density at radius 1 is 1.03 bits per heavy atom. The standard InChI is InChI=1S/C22H26N4O3S/c1-14-3-5-19(6-4-14)30(28,29)26-8-7-20-21(23-13-24-22(20)26)25(2)17-9-15-11-18(27)12-16(15)10-17/h3-8,13,15-18,27H,9-12H2,1-2H3/t15-,16+,17?,18?. The molecule has 158 valence electrons. The third kappa shape index (κ3) is 3.09. The molecule has 5 rings (SSSR count). The van der Waals surface area contributed by atoms with E-state index in [4.69, 9.17) is 0 Å². The molecule has 8 heteroatoms. The van der Waals surface area contributed by atoms with Gasteiger partial charge in [0.15, 0.2) is 5.65 Å². The van der Waals surface area contributed by atoms with Gasteiger partial charge in [0.2, 0.25) is 0 Å². The molecule has 2 fully saturated rings. The van der Waals surface area contributed by atoms with Gasteiger partial charge in [-0.3, -0.25) is 0 Å². The average Bonchev–Trinajstić information content (AvgIpc) is 3.40. The quantitative estimate of drug-likeness (QED) is 0.690. The van der Waals surface area contributed by atoms with Crippen molar-refractivity contribution < 1.29 is 13.5 Å². The first-order valence-electron chi connectivity index (χ1n) is 10.4. The molecule has 0 bridgehead atoms. The summed E-state index contributed by atoms with van der Waals surface area (Å²) >= 11 is 0. The highest BCUT2D eigenvalue weighted by Gasteiger charge is 2.42. The summed E-state index contributed by atoms with van der Waals surface area (Å²) in [5.41, 5.74) is 1.40. The average molecular weight is 427 g/mol. The molecule has 4 atom stereocenters. The lowest BCUT2D eigenvalue weighted by atomic mass is 10.0.